The van der Waals surface area contributed by atoms with Crippen LogP contribution < -0.4 is 0 Å². The molecular formula is C6H4BrF2NO2. The van der Waals surface area contributed by atoms with Gasteiger partial charge in [-0.2, -0.15) is 8.78 Å². The van der Waals surface area contributed by atoms with E-state index in [1.165, 1.54) is 0 Å². The Hall–Kier alpha value is -0.910. The molecule has 3 nitrogen and oxygen atoms in total. The molecular weight excluding hydrogens is 236 g/mol. The van der Waals surface area contributed by atoms with Crippen molar-refractivity contribution < 1.29 is 18.7 Å². The molecule has 0 aliphatic rings. The number of rotatable bonds is 2. The summed E-state index contributed by atoms with van der Waals surface area (Å²) < 4.78 is 24.9. The molecule has 1 rings (SSSR count). The minimum Gasteiger partial charge on any atom is -0.477 e. The standard InChI is InChI=1S/C6H4BrF2NO2/c7-3-1-4(5(11)12)10(2-3)6(8)9/h1-2,6H,(H,11,12). The molecule has 1 N–H and O–H groups in total. The Bertz CT molecular complexity index is 310. The van der Waals surface area contributed by atoms with Crippen molar-refractivity contribution in [2.45, 2.75) is 6.55 Å². The van der Waals surface area contributed by atoms with Gasteiger partial charge in [-0.1, -0.05) is 0 Å². The van der Waals surface area contributed by atoms with E-state index in [9.17, 15) is 13.6 Å². The smallest absolute Gasteiger partial charge is 0.352 e. The van der Waals surface area contributed by atoms with Crippen LogP contribution in [0.3, 0.4) is 0 Å². The maximum absolute atomic E-state index is 12.1. The summed E-state index contributed by atoms with van der Waals surface area (Å²) >= 11 is 2.90. The molecule has 1 aromatic rings. The molecule has 0 amide bonds. The van der Waals surface area contributed by atoms with Crippen LogP contribution in [0.2, 0.25) is 0 Å². The fourth-order valence-corrected chi connectivity index (χ4v) is 1.22. The Morgan fingerprint density at radius 2 is 2.25 bits per heavy atom. The molecule has 0 atom stereocenters. The molecule has 0 fully saturated rings. The third kappa shape index (κ3) is 1.63. The second-order valence-corrected chi connectivity index (χ2v) is 2.95. The highest BCUT2D eigenvalue weighted by atomic mass is 79.9. The van der Waals surface area contributed by atoms with Gasteiger partial charge in [-0.25, -0.2) is 4.79 Å². The lowest BCUT2D eigenvalue weighted by Crippen LogP contribution is -2.07. The molecule has 0 saturated carbocycles. The summed E-state index contributed by atoms with van der Waals surface area (Å²) in [5, 5.41) is 8.45. The third-order valence-corrected chi connectivity index (χ3v) is 1.68. The van der Waals surface area contributed by atoms with Crippen molar-refractivity contribution in [2.75, 3.05) is 0 Å². The Balaban J connectivity index is 3.17. The van der Waals surface area contributed by atoms with E-state index in [-0.39, 0.29) is 0 Å². The maximum Gasteiger partial charge on any atom is 0.352 e. The highest BCUT2D eigenvalue weighted by Crippen LogP contribution is 2.21. The van der Waals surface area contributed by atoms with Gasteiger partial charge in [-0.05, 0) is 22.0 Å². The molecule has 66 valence electrons. The van der Waals surface area contributed by atoms with E-state index in [0.29, 0.717) is 9.04 Å². The average Bonchev–Trinajstić information content (AvgIpc) is 2.31. The van der Waals surface area contributed by atoms with Crippen LogP contribution in [-0.4, -0.2) is 15.6 Å². The number of halogens is 3. The number of hydrogen-bond donors (Lipinski definition) is 1. The van der Waals surface area contributed by atoms with Gasteiger partial charge in [0.1, 0.15) is 5.69 Å². The monoisotopic (exact) mass is 239 g/mol. The number of carbonyl (C=O) groups is 1. The first kappa shape index (κ1) is 9.18. The zero-order chi connectivity index (χ0) is 9.30. The maximum atomic E-state index is 12.1. The fourth-order valence-electron chi connectivity index (χ4n) is 0.778. The van der Waals surface area contributed by atoms with Gasteiger partial charge in [-0.3, -0.25) is 4.57 Å². The van der Waals surface area contributed by atoms with Gasteiger partial charge in [0.25, 0.3) is 0 Å². The van der Waals surface area contributed by atoms with Crippen LogP contribution in [0.1, 0.15) is 17.0 Å². The van der Waals surface area contributed by atoms with Crippen molar-refractivity contribution in [1.82, 2.24) is 4.57 Å². The van der Waals surface area contributed by atoms with E-state index in [1.807, 2.05) is 0 Å². The highest BCUT2D eigenvalue weighted by Gasteiger charge is 2.16. The molecule has 0 bridgehead atoms. The summed E-state index contributed by atoms with van der Waals surface area (Å²) in [4.78, 5) is 10.4. The van der Waals surface area contributed by atoms with Gasteiger partial charge >= 0.3 is 12.5 Å². The van der Waals surface area contributed by atoms with Gasteiger partial charge in [0, 0.05) is 10.7 Å². The molecule has 1 heterocycles. The number of nitrogens with zero attached hydrogens (tertiary/aromatic N) is 1. The lowest BCUT2D eigenvalue weighted by Gasteiger charge is -2.02. The molecule has 0 saturated heterocycles. The van der Waals surface area contributed by atoms with Crippen LogP contribution in [0.25, 0.3) is 0 Å². The van der Waals surface area contributed by atoms with Gasteiger partial charge in [0.15, 0.2) is 0 Å². The Labute approximate surface area is 74.7 Å². The van der Waals surface area contributed by atoms with E-state index in [2.05, 4.69) is 15.9 Å². The van der Waals surface area contributed by atoms with Crippen molar-refractivity contribution in [1.29, 1.82) is 0 Å². The minimum absolute atomic E-state index is 0.320. The first-order chi connectivity index (χ1) is 5.52. The normalized spacial score (nSPS) is 10.7. The molecule has 0 aliphatic carbocycles. The van der Waals surface area contributed by atoms with Crippen LogP contribution in [0.15, 0.2) is 16.7 Å². The number of carboxylic acid groups (broad SMARTS) is 1. The van der Waals surface area contributed by atoms with Gasteiger partial charge in [-0.15, -0.1) is 0 Å². The number of aromatic nitrogens is 1. The zero-order valence-electron chi connectivity index (χ0n) is 5.67. The first-order valence-corrected chi connectivity index (χ1v) is 3.70. The number of hydrogen-bond acceptors (Lipinski definition) is 1. The number of aromatic carboxylic acids is 1. The van der Waals surface area contributed by atoms with Crippen molar-refractivity contribution in [2.24, 2.45) is 0 Å². The number of alkyl halides is 2. The van der Waals surface area contributed by atoms with Crippen molar-refractivity contribution in [3.63, 3.8) is 0 Å². The second-order valence-electron chi connectivity index (χ2n) is 2.03. The summed E-state index contributed by atoms with van der Waals surface area (Å²) in [6, 6.07) is 1.12. The summed E-state index contributed by atoms with van der Waals surface area (Å²) in [6.45, 7) is -2.83. The van der Waals surface area contributed by atoms with Gasteiger partial charge in [0.2, 0.25) is 0 Å². The predicted molar refractivity (Wildman–Crippen MR) is 40.3 cm³/mol. The van der Waals surface area contributed by atoms with Crippen molar-refractivity contribution >= 4 is 21.9 Å². The third-order valence-electron chi connectivity index (χ3n) is 1.24. The molecule has 12 heavy (non-hydrogen) atoms. The fraction of sp³-hybridized carbons (Fsp3) is 0.167. The van der Waals surface area contributed by atoms with Gasteiger partial charge in [0.05, 0.1) is 0 Å². The second kappa shape index (κ2) is 3.22. The molecule has 1 aromatic heterocycles. The largest absolute Gasteiger partial charge is 0.477 e. The molecule has 0 aliphatic heterocycles. The van der Waals surface area contributed by atoms with E-state index in [4.69, 9.17) is 5.11 Å². The summed E-state index contributed by atoms with van der Waals surface area (Å²) in [7, 11) is 0. The molecule has 6 heteroatoms. The summed E-state index contributed by atoms with van der Waals surface area (Å²) in [5.74, 6) is -1.37. The van der Waals surface area contributed by atoms with Crippen LogP contribution in [-0.2, 0) is 0 Å². The first-order valence-electron chi connectivity index (χ1n) is 2.91. The van der Waals surface area contributed by atoms with E-state index >= 15 is 0 Å². The zero-order valence-corrected chi connectivity index (χ0v) is 7.25. The Morgan fingerprint density at radius 3 is 2.58 bits per heavy atom. The van der Waals surface area contributed by atoms with Crippen LogP contribution in [0, 0.1) is 0 Å². The van der Waals surface area contributed by atoms with Crippen LogP contribution >= 0.6 is 15.9 Å². The lowest BCUT2D eigenvalue weighted by molar-refractivity contribution is 0.0528. The predicted octanol–water partition coefficient (Wildman–Crippen LogP) is 2.34. The summed E-state index contributed by atoms with van der Waals surface area (Å²) in [6.07, 6.45) is 1.02. The van der Waals surface area contributed by atoms with Crippen molar-refractivity contribution in [3.05, 3.63) is 22.4 Å². The Morgan fingerprint density at radius 1 is 1.67 bits per heavy atom. The topological polar surface area (TPSA) is 42.2 Å². The minimum atomic E-state index is -2.83. The molecule has 0 radical (unpaired) electrons. The quantitative estimate of drug-likeness (QED) is 0.861. The van der Waals surface area contributed by atoms with Crippen LogP contribution in [0.5, 0.6) is 0 Å². The van der Waals surface area contributed by atoms with Crippen LogP contribution in [0.4, 0.5) is 8.78 Å². The van der Waals surface area contributed by atoms with E-state index in [0.717, 1.165) is 12.3 Å². The SMILES string of the molecule is O=C(O)c1cc(Br)cn1C(F)F. The summed E-state index contributed by atoms with van der Waals surface area (Å²) in [5.41, 5.74) is -0.433. The molecule has 0 aromatic carbocycles. The van der Waals surface area contributed by atoms with E-state index < -0.39 is 18.2 Å². The number of carboxylic acids is 1. The average molecular weight is 240 g/mol. The lowest BCUT2D eigenvalue weighted by atomic mass is 10.4. The molecule has 0 spiro atoms. The highest BCUT2D eigenvalue weighted by molar-refractivity contribution is 9.10. The van der Waals surface area contributed by atoms with Gasteiger partial charge < -0.3 is 5.11 Å². The Kier molecular flexibility index (Phi) is 2.46. The van der Waals surface area contributed by atoms with E-state index in [1.54, 1.807) is 0 Å². The van der Waals surface area contributed by atoms with Crippen molar-refractivity contribution in [3.8, 4) is 0 Å². The molecule has 0 unspecified atom stereocenters.